The molecule has 0 atom stereocenters. The molecule has 0 heterocycles. The summed E-state index contributed by atoms with van der Waals surface area (Å²) in [4.78, 5) is 4.48. The maximum atomic E-state index is 13.8. The van der Waals surface area contributed by atoms with Crippen LogP contribution in [0.2, 0.25) is 0 Å². The standard InChI is InChI=1S/C19H22BrF2N3O2/c1-4-23-19(25-11-13-9-14(21)5-6-16(13)22)24-10-12-7-15(20)18(27-3)17(8-12)26-2/h5-9H,4,10-11H2,1-3H3,(H2,23,24,25). The van der Waals surface area contributed by atoms with Gasteiger partial charge < -0.3 is 20.1 Å². The highest BCUT2D eigenvalue weighted by Gasteiger charge is 2.11. The van der Waals surface area contributed by atoms with Gasteiger partial charge in [-0.15, -0.1) is 0 Å². The highest BCUT2D eigenvalue weighted by Crippen LogP contribution is 2.36. The number of nitrogens with one attached hydrogen (secondary N) is 2. The molecule has 0 aliphatic carbocycles. The fraction of sp³-hybridized carbons (Fsp3) is 0.316. The first-order valence-corrected chi connectivity index (χ1v) is 9.14. The topological polar surface area (TPSA) is 54.9 Å². The van der Waals surface area contributed by atoms with Gasteiger partial charge in [-0.3, -0.25) is 0 Å². The Morgan fingerprint density at radius 3 is 2.56 bits per heavy atom. The summed E-state index contributed by atoms with van der Waals surface area (Å²) in [5, 5.41) is 6.08. The molecule has 0 saturated carbocycles. The van der Waals surface area contributed by atoms with E-state index >= 15 is 0 Å². The van der Waals surface area contributed by atoms with E-state index in [1.54, 1.807) is 14.2 Å². The number of aliphatic imine (C=N–C) groups is 1. The van der Waals surface area contributed by atoms with E-state index in [1.165, 1.54) is 0 Å². The SMILES string of the molecule is CCNC(=NCc1cc(Br)c(OC)c(OC)c1)NCc1cc(F)ccc1F. The summed E-state index contributed by atoms with van der Waals surface area (Å²) >= 11 is 3.45. The van der Waals surface area contributed by atoms with Crippen LogP contribution in [0.5, 0.6) is 11.5 Å². The summed E-state index contributed by atoms with van der Waals surface area (Å²) in [5.74, 6) is 0.745. The predicted octanol–water partition coefficient (Wildman–Crippen LogP) is 4.00. The lowest BCUT2D eigenvalue weighted by Crippen LogP contribution is -2.37. The third-order valence-corrected chi connectivity index (χ3v) is 4.30. The Labute approximate surface area is 165 Å². The van der Waals surface area contributed by atoms with E-state index in [2.05, 4.69) is 31.6 Å². The van der Waals surface area contributed by atoms with E-state index < -0.39 is 11.6 Å². The molecule has 0 unspecified atom stereocenters. The van der Waals surface area contributed by atoms with Crippen molar-refractivity contribution in [3.8, 4) is 11.5 Å². The fourth-order valence-corrected chi connectivity index (χ4v) is 3.08. The summed E-state index contributed by atoms with van der Waals surface area (Å²) in [6.07, 6.45) is 0. The average molecular weight is 442 g/mol. The normalized spacial score (nSPS) is 11.3. The molecule has 0 saturated heterocycles. The number of ether oxygens (including phenoxy) is 2. The number of hydrogen-bond acceptors (Lipinski definition) is 3. The van der Waals surface area contributed by atoms with Crippen LogP contribution in [-0.2, 0) is 13.1 Å². The molecular formula is C19H22BrF2N3O2. The lowest BCUT2D eigenvalue weighted by atomic mass is 10.2. The van der Waals surface area contributed by atoms with Crippen LogP contribution >= 0.6 is 15.9 Å². The van der Waals surface area contributed by atoms with Gasteiger partial charge >= 0.3 is 0 Å². The third-order valence-electron chi connectivity index (χ3n) is 3.71. The second kappa shape index (κ2) is 10.1. The number of methoxy groups -OCH3 is 2. The lowest BCUT2D eigenvalue weighted by molar-refractivity contribution is 0.352. The van der Waals surface area contributed by atoms with Gasteiger partial charge in [-0.05, 0) is 58.7 Å². The summed E-state index contributed by atoms with van der Waals surface area (Å²) in [6.45, 7) is 3.03. The van der Waals surface area contributed by atoms with Gasteiger partial charge in [0.2, 0.25) is 0 Å². The van der Waals surface area contributed by atoms with Crippen molar-refractivity contribution in [2.24, 2.45) is 4.99 Å². The number of benzene rings is 2. The molecule has 0 aliphatic rings. The zero-order valence-corrected chi connectivity index (χ0v) is 17.0. The molecule has 0 aliphatic heterocycles. The van der Waals surface area contributed by atoms with Gasteiger partial charge in [0.15, 0.2) is 17.5 Å². The second-order valence-corrected chi connectivity index (χ2v) is 6.45. The molecular weight excluding hydrogens is 420 g/mol. The molecule has 2 rings (SSSR count). The number of rotatable bonds is 7. The van der Waals surface area contributed by atoms with Gasteiger partial charge in [0.1, 0.15) is 11.6 Å². The van der Waals surface area contributed by atoms with Gasteiger partial charge in [0.05, 0.1) is 25.2 Å². The van der Waals surface area contributed by atoms with Crippen molar-refractivity contribution in [3.05, 3.63) is 57.6 Å². The Kier molecular flexibility index (Phi) is 7.84. The van der Waals surface area contributed by atoms with Crippen LogP contribution in [-0.4, -0.2) is 26.7 Å². The van der Waals surface area contributed by atoms with Crippen LogP contribution in [0.1, 0.15) is 18.1 Å². The summed E-state index contributed by atoms with van der Waals surface area (Å²) in [5.41, 5.74) is 1.13. The van der Waals surface area contributed by atoms with E-state index in [0.29, 0.717) is 30.5 Å². The van der Waals surface area contributed by atoms with Crippen molar-refractivity contribution in [2.45, 2.75) is 20.0 Å². The van der Waals surface area contributed by atoms with Gasteiger partial charge in [-0.25, -0.2) is 13.8 Å². The lowest BCUT2D eigenvalue weighted by Gasteiger charge is -2.13. The second-order valence-electron chi connectivity index (χ2n) is 5.60. The first-order chi connectivity index (χ1) is 13.0. The van der Waals surface area contributed by atoms with Crippen LogP contribution < -0.4 is 20.1 Å². The fourth-order valence-electron chi connectivity index (χ4n) is 2.43. The van der Waals surface area contributed by atoms with Crippen molar-refractivity contribution in [1.82, 2.24) is 10.6 Å². The van der Waals surface area contributed by atoms with Crippen LogP contribution in [0, 0.1) is 11.6 Å². The van der Waals surface area contributed by atoms with Gasteiger partial charge in [0.25, 0.3) is 0 Å². The van der Waals surface area contributed by atoms with Gasteiger partial charge in [-0.2, -0.15) is 0 Å². The molecule has 0 bridgehead atoms. The molecule has 2 aromatic carbocycles. The Bertz CT molecular complexity index is 816. The van der Waals surface area contributed by atoms with Crippen LogP contribution in [0.4, 0.5) is 8.78 Å². The first-order valence-electron chi connectivity index (χ1n) is 8.35. The van der Waals surface area contributed by atoms with Crippen molar-refractivity contribution < 1.29 is 18.3 Å². The maximum Gasteiger partial charge on any atom is 0.191 e. The summed E-state index contributed by atoms with van der Waals surface area (Å²) in [7, 11) is 3.13. The maximum absolute atomic E-state index is 13.8. The summed E-state index contributed by atoms with van der Waals surface area (Å²) < 4.78 is 38.4. The Hall–Kier alpha value is -2.35. The highest BCUT2D eigenvalue weighted by molar-refractivity contribution is 9.10. The molecule has 146 valence electrons. The van der Waals surface area contributed by atoms with Crippen molar-refractivity contribution in [3.63, 3.8) is 0 Å². The number of nitrogens with zero attached hydrogens (tertiary/aromatic N) is 1. The Morgan fingerprint density at radius 2 is 1.89 bits per heavy atom. The molecule has 0 aromatic heterocycles. The third kappa shape index (κ3) is 5.82. The quantitative estimate of drug-likeness (QED) is 0.503. The first kappa shape index (κ1) is 21.0. The van der Waals surface area contributed by atoms with Crippen molar-refractivity contribution in [1.29, 1.82) is 0 Å². The number of guanidine groups is 1. The molecule has 8 heteroatoms. The molecule has 0 amide bonds. The molecule has 27 heavy (non-hydrogen) atoms. The molecule has 0 fully saturated rings. The number of hydrogen-bond donors (Lipinski definition) is 2. The molecule has 5 nitrogen and oxygen atoms in total. The van der Waals surface area contributed by atoms with E-state index in [-0.39, 0.29) is 12.1 Å². The zero-order valence-electron chi connectivity index (χ0n) is 15.4. The van der Waals surface area contributed by atoms with Crippen LogP contribution in [0.15, 0.2) is 39.8 Å². The molecule has 0 radical (unpaired) electrons. The van der Waals surface area contributed by atoms with E-state index in [4.69, 9.17) is 9.47 Å². The minimum Gasteiger partial charge on any atom is -0.493 e. The van der Waals surface area contributed by atoms with E-state index in [0.717, 1.165) is 28.2 Å². The van der Waals surface area contributed by atoms with Crippen LogP contribution in [0.25, 0.3) is 0 Å². The molecule has 2 N–H and O–H groups in total. The van der Waals surface area contributed by atoms with Crippen molar-refractivity contribution in [2.75, 3.05) is 20.8 Å². The smallest absolute Gasteiger partial charge is 0.191 e. The highest BCUT2D eigenvalue weighted by atomic mass is 79.9. The predicted molar refractivity (Wildman–Crippen MR) is 105 cm³/mol. The van der Waals surface area contributed by atoms with Crippen molar-refractivity contribution >= 4 is 21.9 Å². The van der Waals surface area contributed by atoms with E-state index in [9.17, 15) is 8.78 Å². The minimum atomic E-state index is -0.481. The minimum absolute atomic E-state index is 0.116. The number of halogens is 3. The van der Waals surface area contributed by atoms with E-state index in [1.807, 2.05) is 19.1 Å². The van der Waals surface area contributed by atoms with Gasteiger partial charge in [-0.1, -0.05) is 0 Å². The van der Waals surface area contributed by atoms with Gasteiger partial charge in [0, 0.05) is 18.7 Å². The largest absolute Gasteiger partial charge is 0.493 e. The Morgan fingerprint density at radius 1 is 1.11 bits per heavy atom. The monoisotopic (exact) mass is 441 g/mol. The average Bonchev–Trinajstić information content (AvgIpc) is 2.65. The molecule has 2 aromatic rings. The summed E-state index contributed by atoms with van der Waals surface area (Å²) in [6, 6.07) is 7.09. The zero-order chi connectivity index (χ0) is 19.8. The molecule has 0 spiro atoms. The Balaban J connectivity index is 2.13. The van der Waals surface area contributed by atoms with Crippen LogP contribution in [0.3, 0.4) is 0 Å².